The van der Waals surface area contributed by atoms with E-state index in [1.807, 2.05) is 0 Å². The van der Waals surface area contributed by atoms with E-state index in [4.69, 9.17) is 4.52 Å². The lowest BCUT2D eigenvalue weighted by atomic mass is 9.89. The van der Waals surface area contributed by atoms with E-state index in [1.54, 1.807) is 12.3 Å². The largest absolute Gasteiger partial charge is 0.339 e. The van der Waals surface area contributed by atoms with Crippen LogP contribution in [0.2, 0.25) is 0 Å². The average Bonchev–Trinajstić information content (AvgIpc) is 2.89. The molecule has 108 valence electrons. The van der Waals surface area contributed by atoms with Crippen molar-refractivity contribution in [2.75, 3.05) is 6.54 Å². The average molecular weight is 275 g/mol. The summed E-state index contributed by atoms with van der Waals surface area (Å²) in [6.45, 7) is 9.47. The zero-order valence-electron chi connectivity index (χ0n) is 12.4. The molecule has 0 amide bonds. The molecule has 0 aromatic carbocycles. The summed E-state index contributed by atoms with van der Waals surface area (Å²) < 4.78 is 5.45. The van der Waals surface area contributed by atoms with E-state index in [0.29, 0.717) is 23.3 Å². The zero-order chi connectivity index (χ0) is 14.5. The molecular formula is C14H21N5O. The smallest absolute Gasteiger partial charge is 0.231 e. The minimum absolute atomic E-state index is 0.179. The molecule has 0 bridgehead atoms. The Morgan fingerprint density at radius 3 is 2.70 bits per heavy atom. The number of rotatable bonds is 6. The highest BCUT2D eigenvalue weighted by molar-refractivity contribution is 5.46. The van der Waals surface area contributed by atoms with Crippen molar-refractivity contribution in [2.45, 2.75) is 39.7 Å². The quantitative estimate of drug-likeness (QED) is 0.871. The second-order valence-electron chi connectivity index (χ2n) is 5.17. The molecule has 2 atom stereocenters. The first-order valence-electron chi connectivity index (χ1n) is 6.96. The van der Waals surface area contributed by atoms with Crippen molar-refractivity contribution in [3.63, 3.8) is 0 Å². The molecule has 0 aliphatic rings. The van der Waals surface area contributed by atoms with E-state index in [2.05, 4.69) is 53.1 Å². The van der Waals surface area contributed by atoms with Gasteiger partial charge in [0.25, 0.3) is 0 Å². The van der Waals surface area contributed by atoms with E-state index in [1.165, 1.54) is 6.33 Å². The molecule has 6 nitrogen and oxygen atoms in total. The standard InChI is InChI=1S/C14H21N5O/c1-5-16-10(4)12(9(2)3)14-18-13(19-20-14)11-6-7-15-8-17-11/h6-10,12,16H,5H2,1-4H3. The maximum Gasteiger partial charge on any atom is 0.231 e. The van der Waals surface area contributed by atoms with Crippen LogP contribution in [-0.4, -0.2) is 32.7 Å². The summed E-state index contributed by atoms with van der Waals surface area (Å²) in [5, 5.41) is 7.45. The van der Waals surface area contributed by atoms with Crippen LogP contribution in [0.1, 0.15) is 39.5 Å². The lowest BCUT2D eigenvalue weighted by Crippen LogP contribution is -2.34. The number of aromatic nitrogens is 4. The highest BCUT2D eigenvalue weighted by Crippen LogP contribution is 2.28. The second kappa shape index (κ2) is 6.56. The van der Waals surface area contributed by atoms with Gasteiger partial charge in [0.05, 0.1) is 5.92 Å². The number of likely N-dealkylation sites (N-methyl/N-ethyl adjacent to an activating group) is 1. The summed E-state index contributed by atoms with van der Waals surface area (Å²) in [5.74, 6) is 1.75. The third-order valence-corrected chi connectivity index (χ3v) is 3.32. The monoisotopic (exact) mass is 275 g/mol. The van der Waals surface area contributed by atoms with Crippen LogP contribution in [0.3, 0.4) is 0 Å². The van der Waals surface area contributed by atoms with Crippen LogP contribution >= 0.6 is 0 Å². The molecule has 0 saturated heterocycles. The molecule has 2 aromatic heterocycles. The summed E-state index contributed by atoms with van der Waals surface area (Å²) in [6, 6.07) is 2.05. The molecule has 0 saturated carbocycles. The number of hydrogen-bond donors (Lipinski definition) is 1. The van der Waals surface area contributed by atoms with Crippen LogP contribution in [0.5, 0.6) is 0 Å². The van der Waals surface area contributed by atoms with Crippen molar-refractivity contribution in [1.29, 1.82) is 0 Å². The third kappa shape index (κ3) is 3.19. The predicted molar refractivity (Wildman–Crippen MR) is 76.0 cm³/mol. The van der Waals surface area contributed by atoms with Gasteiger partial charge in [0, 0.05) is 12.2 Å². The fraction of sp³-hybridized carbons (Fsp3) is 0.571. The summed E-state index contributed by atoms with van der Waals surface area (Å²) in [6.07, 6.45) is 3.14. The molecule has 2 heterocycles. The Hall–Kier alpha value is -1.82. The van der Waals surface area contributed by atoms with Gasteiger partial charge in [-0.3, -0.25) is 0 Å². The Kier molecular flexibility index (Phi) is 4.79. The van der Waals surface area contributed by atoms with Gasteiger partial charge in [-0.25, -0.2) is 9.97 Å². The van der Waals surface area contributed by atoms with Gasteiger partial charge >= 0.3 is 0 Å². The van der Waals surface area contributed by atoms with E-state index < -0.39 is 0 Å². The van der Waals surface area contributed by atoms with Crippen LogP contribution in [0, 0.1) is 5.92 Å². The Labute approximate surface area is 119 Å². The topological polar surface area (TPSA) is 76.7 Å². The van der Waals surface area contributed by atoms with Crippen molar-refractivity contribution in [2.24, 2.45) is 5.92 Å². The van der Waals surface area contributed by atoms with Gasteiger partial charge < -0.3 is 9.84 Å². The van der Waals surface area contributed by atoms with Crippen molar-refractivity contribution < 1.29 is 4.52 Å². The fourth-order valence-electron chi connectivity index (χ4n) is 2.42. The lowest BCUT2D eigenvalue weighted by Gasteiger charge is -2.24. The number of nitrogens with zero attached hydrogens (tertiary/aromatic N) is 4. The molecule has 0 radical (unpaired) electrons. The van der Waals surface area contributed by atoms with Gasteiger partial charge in [0.1, 0.15) is 12.0 Å². The first-order chi connectivity index (χ1) is 9.63. The summed E-state index contributed by atoms with van der Waals surface area (Å²) >= 11 is 0. The van der Waals surface area contributed by atoms with Crippen molar-refractivity contribution >= 4 is 0 Å². The van der Waals surface area contributed by atoms with E-state index in [9.17, 15) is 0 Å². The van der Waals surface area contributed by atoms with E-state index in [-0.39, 0.29) is 12.0 Å². The fourth-order valence-corrected chi connectivity index (χ4v) is 2.42. The Morgan fingerprint density at radius 1 is 1.30 bits per heavy atom. The van der Waals surface area contributed by atoms with Crippen LogP contribution in [0.15, 0.2) is 23.1 Å². The van der Waals surface area contributed by atoms with Gasteiger partial charge in [-0.1, -0.05) is 25.9 Å². The highest BCUT2D eigenvalue weighted by atomic mass is 16.5. The highest BCUT2D eigenvalue weighted by Gasteiger charge is 2.28. The van der Waals surface area contributed by atoms with Crippen molar-refractivity contribution in [3.8, 4) is 11.5 Å². The van der Waals surface area contributed by atoms with Gasteiger partial charge in [-0.05, 0) is 25.5 Å². The molecule has 6 heteroatoms. The SMILES string of the molecule is CCNC(C)C(c1nc(-c2ccncn2)no1)C(C)C. The number of nitrogens with one attached hydrogen (secondary N) is 1. The molecule has 0 fully saturated rings. The van der Waals surface area contributed by atoms with Crippen LogP contribution < -0.4 is 5.32 Å². The Balaban J connectivity index is 2.25. The second-order valence-corrected chi connectivity index (χ2v) is 5.17. The molecule has 0 aliphatic carbocycles. The number of hydrogen-bond acceptors (Lipinski definition) is 6. The van der Waals surface area contributed by atoms with Gasteiger partial charge in [0.2, 0.25) is 11.7 Å². The minimum Gasteiger partial charge on any atom is -0.339 e. The summed E-state index contributed by atoms with van der Waals surface area (Å²) in [5.41, 5.74) is 0.675. The maximum atomic E-state index is 5.45. The zero-order valence-corrected chi connectivity index (χ0v) is 12.4. The molecule has 2 aromatic rings. The van der Waals surface area contributed by atoms with Crippen molar-refractivity contribution in [1.82, 2.24) is 25.4 Å². The van der Waals surface area contributed by atoms with Gasteiger partial charge in [0.15, 0.2) is 0 Å². The summed E-state index contributed by atoms with van der Waals surface area (Å²) in [4.78, 5) is 12.5. The third-order valence-electron chi connectivity index (χ3n) is 3.32. The minimum atomic E-state index is 0.179. The molecule has 0 spiro atoms. The van der Waals surface area contributed by atoms with Crippen LogP contribution in [0.25, 0.3) is 11.5 Å². The lowest BCUT2D eigenvalue weighted by molar-refractivity contribution is 0.281. The van der Waals surface area contributed by atoms with E-state index in [0.717, 1.165) is 6.54 Å². The Morgan fingerprint density at radius 2 is 2.10 bits per heavy atom. The Bertz CT molecular complexity index is 525. The van der Waals surface area contributed by atoms with Crippen LogP contribution in [0.4, 0.5) is 0 Å². The van der Waals surface area contributed by atoms with E-state index >= 15 is 0 Å². The van der Waals surface area contributed by atoms with Gasteiger partial charge in [-0.2, -0.15) is 4.98 Å². The first kappa shape index (κ1) is 14.6. The molecular weight excluding hydrogens is 254 g/mol. The molecule has 2 unspecified atom stereocenters. The normalized spacial score (nSPS) is 14.4. The molecule has 1 N–H and O–H groups in total. The molecule has 20 heavy (non-hydrogen) atoms. The van der Waals surface area contributed by atoms with Crippen molar-refractivity contribution in [3.05, 3.63) is 24.5 Å². The maximum absolute atomic E-state index is 5.45. The first-order valence-corrected chi connectivity index (χ1v) is 6.96. The van der Waals surface area contributed by atoms with Crippen LogP contribution in [-0.2, 0) is 0 Å². The summed E-state index contributed by atoms with van der Waals surface area (Å²) in [7, 11) is 0. The van der Waals surface area contributed by atoms with Gasteiger partial charge in [-0.15, -0.1) is 0 Å². The molecule has 0 aliphatic heterocycles. The predicted octanol–water partition coefficient (Wildman–Crippen LogP) is 2.26. The molecule has 2 rings (SSSR count).